The summed E-state index contributed by atoms with van der Waals surface area (Å²) in [6.45, 7) is 10.4. The number of aromatic nitrogens is 1. The van der Waals surface area contributed by atoms with E-state index in [1.165, 1.54) is 0 Å². The molecule has 0 saturated carbocycles. The second kappa shape index (κ2) is 4.99. The summed E-state index contributed by atoms with van der Waals surface area (Å²) < 4.78 is 5.96. The average Bonchev–Trinajstić information content (AvgIpc) is 2.26. The molecule has 4 heteroatoms. The Morgan fingerprint density at radius 2 is 1.94 bits per heavy atom. The summed E-state index contributed by atoms with van der Waals surface area (Å²) in [4.78, 5) is 4.07. The zero-order valence-corrected chi connectivity index (χ0v) is 12.0. The van der Waals surface area contributed by atoms with E-state index in [0.717, 1.165) is 5.56 Å². The molecular weight excluding hydrogens is 228 g/mol. The Hall–Kier alpha value is -1.18. The largest absolute Gasteiger partial charge is 0.408 e. The van der Waals surface area contributed by atoms with Crippen LogP contribution in [-0.2, 0) is 10.0 Å². The molecule has 0 fully saturated rings. The van der Waals surface area contributed by atoms with Crippen LogP contribution in [0.1, 0.15) is 45.9 Å². The van der Waals surface area contributed by atoms with Gasteiger partial charge in [-0.15, -0.1) is 0 Å². The summed E-state index contributed by atoms with van der Waals surface area (Å²) in [6.07, 6.45) is 1.63. The molecule has 90 valence electrons. The van der Waals surface area contributed by atoms with Crippen LogP contribution < -0.4 is 0 Å². The lowest BCUT2D eigenvalue weighted by Crippen LogP contribution is -2.28. The first kappa shape index (κ1) is 13.9. The molecule has 0 aliphatic rings. The molecule has 1 aromatic rings. The topological polar surface area (TPSA) is 45.9 Å². The Bertz CT molecular complexity index is 430. The van der Waals surface area contributed by atoms with Crippen molar-refractivity contribution in [1.82, 2.24) is 4.98 Å². The van der Waals surface area contributed by atoms with Gasteiger partial charge >= 0.3 is 0 Å². The predicted molar refractivity (Wildman–Crippen MR) is 68.5 cm³/mol. The highest BCUT2D eigenvalue weighted by Crippen LogP contribution is 2.30. The van der Waals surface area contributed by atoms with Gasteiger partial charge in [0.1, 0.15) is 11.8 Å². The van der Waals surface area contributed by atoms with Gasteiger partial charge in [0, 0.05) is 11.8 Å². The lowest BCUT2D eigenvalue weighted by atomic mass is 9.97. The van der Waals surface area contributed by atoms with Gasteiger partial charge in [0.15, 0.2) is 0 Å². The molecule has 17 heavy (non-hydrogen) atoms. The number of rotatable bonds is 3. The molecule has 0 N–H and O–H groups in total. The van der Waals surface area contributed by atoms with Crippen molar-refractivity contribution in [2.24, 2.45) is 0 Å². The molecule has 0 aromatic carbocycles. The van der Waals surface area contributed by atoms with Crippen molar-refractivity contribution in [2.75, 3.05) is 0 Å². The molecule has 0 bridgehead atoms. The highest BCUT2D eigenvalue weighted by molar-refractivity contribution is 6.31. The molecule has 3 nitrogen and oxygen atoms in total. The standard InChI is InChI=1S/C13H18N2OSi/c1-12(2,3)17-16-13(4,5)10-7-6-8-15-11(10)9-14/h6-8H,1-5H3. The Kier molecular flexibility index (Phi) is 4.07. The van der Waals surface area contributed by atoms with Crippen molar-refractivity contribution >= 4 is 9.76 Å². The fraction of sp³-hybridized carbons (Fsp3) is 0.538. The Labute approximate surface area is 106 Å². The van der Waals surface area contributed by atoms with Crippen LogP contribution >= 0.6 is 0 Å². The Morgan fingerprint density at radius 1 is 1.29 bits per heavy atom. The normalized spacial score (nSPS) is 12.2. The summed E-state index contributed by atoms with van der Waals surface area (Å²) in [7, 11) is 0.379. The monoisotopic (exact) mass is 246 g/mol. The molecule has 0 unspecified atom stereocenters. The number of nitrogens with zero attached hydrogens (tertiary/aromatic N) is 2. The van der Waals surface area contributed by atoms with Crippen molar-refractivity contribution in [3.63, 3.8) is 0 Å². The van der Waals surface area contributed by atoms with Gasteiger partial charge in [-0.3, -0.25) is 0 Å². The van der Waals surface area contributed by atoms with Gasteiger partial charge in [-0.25, -0.2) is 4.98 Å². The molecule has 0 amide bonds. The molecule has 0 aliphatic heterocycles. The van der Waals surface area contributed by atoms with E-state index < -0.39 is 5.60 Å². The van der Waals surface area contributed by atoms with Crippen LogP contribution in [0.2, 0.25) is 5.04 Å². The van der Waals surface area contributed by atoms with Crippen LogP contribution in [0.15, 0.2) is 18.3 Å². The molecule has 0 spiro atoms. The molecule has 2 radical (unpaired) electrons. The number of hydrogen-bond donors (Lipinski definition) is 0. The molecule has 0 atom stereocenters. The van der Waals surface area contributed by atoms with Gasteiger partial charge in [-0.05, 0) is 25.0 Å². The van der Waals surface area contributed by atoms with Crippen molar-refractivity contribution in [1.29, 1.82) is 5.26 Å². The minimum Gasteiger partial charge on any atom is -0.408 e. The van der Waals surface area contributed by atoms with E-state index in [9.17, 15) is 0 Å². The van der Waals surface area contributed by atoms with Gasteiger partial charge in [-0.2, -0.15) is 5.26 Å². The smallest absolute Gasteiger partial charge is 0.236 e. The van der Waals surface area contributed by atoms with Crippen molar-refractivity contribution in [3.05, 3.63) is 29.6 Å². The van der Waals surface area contributed by atoms with E-state index in [4.69, 9.17) is 9.69 Å². The van der Waals surface area contributed by atoms with Crippen molar-refractivity contribution < 1.29 is 4.43 Å². The van der Waals surface area contributed by atoms with E-state index in [0.29, 0.717) is 15.5 Å². The molecule has 0 aliphatic carbocycles. The van der Waals surface area contributed by atoms with Crippen LogP contribution in [0.25, 0.3) is 0 Å². The van der Waals surface area contributed by atoms with Crippen LogP contribution in [-0.4, -0.2) is 14.7 Å². The first-order valence-electron chi connectivity index (χ1n) is 5.57. The molecule has 1 heterocycles. The third kappa shape index (κ3) is 3.95. The van der Waals surface area contributed by atoms with E-state index in [1.807, 2.05) is 26.0 Å². The zero-order valence-electron chi connectivity index (χ0n) is 11.0. The van der Waals surface area contributed by atoms with Gasteiger partial charge in [0.05, 0.1) is 5.60 Å². The van der Waals surface area contributed by atoms with Crippen molar-refractivity contribution in [2.45, 2.75) is 45.3 Å². The van der Waals surface area contributed by atoms with Gasteiger partial charge in [-0.1, -0.05) is 26.8 Å². The predicted octanol–water partition coefficient (Wildman–Crippen LogP) is 3.04. The SMILES string of the molecule is CC(C)(C)[Si]OC(C)(C)c1cccnc1C#N. The summed E-state index contributed by atoms with van der Waals surface area (Å²) in [5.41, 5.74) is 0.806. The molecule has 0 saturated heterocycles. The first-order chi connectivity index (χ1) is 7.76. The van der Waals surface area contributed by atoms with E-state index in [2.05, 4.69) is 31.8 Å². The fourth-order valence-electron chi connectivity index (χ4n) is 1.32. The van der Waals surface area contributed by atoms with Crippen LogP contribution in [0.4, 0.5) is 0 Å². The summed E-state index contributed by atoms with van der Waals surface area (Å²) in [5, 5.41) is 9.18. The lowest BCUT2D eigenvalue weighted by molar-refractivity contribution is 0.109. The second-order valence-corrected chi connectivity index (χ2v) is 7.38. The minimum absolute atomic E-state index is 0.131. The van der Waals surface area contributed by atoms with Crippen molar-refractivity contribution in [3.8, 4) is 6.07 Å². The van der Waals surface area contributed by atoms with E-state index >= 15 is 0 Å². The Balaban J connectivity index is 2.93. The average molecular weight is 246 g/mol. The molecular formula is C13H18N2OSi. The highest BCUT2D eigenvalue weighted by atomic mass is 28.2. The number of nitriles is 1. The lowest BCUT2D eigenvalue weighted by Gasteiger charge is -2.29. The van der Waals surface area contributed by atoms with Gasteiger partial charge < -0.3 is 4.43 Å². The van der Waals surface area contributed by atoms with Gasteiger partial charge in [0.25, 0.3) is 0 Å². The first-order valence-corrected chi connectivity index (χ1v) is 6.48. The highest BCUT2D eigenvalue weighted by Gasteiger charge is 2.27. The maximum atomic E-state index is 9.04. The summed E-state index contributed by atoms with van der Waals surface area (Å²) in [6, 6.07) is 5.85. The maximum Gasteiger partial charge on any atom is 0.236 e. The van der Waals surface area contributed by atoms with E-state index in [1.54, 1.807) is 6.20 Å². The Morgan fingerprint density at radius 3 is 2.47 bits per heavy atom. The minimum atomic E-state index is -0.481. The summed E-state index contributed by atoms with van der Waals surface area (Å²) >= 11 is 0. The van der Waals surface area contributed by atoms with Crippen LogP contribution in [0.3, 0.4) is 0 Å². The number of pyridine rings is 1. The third-order valence-electron chi connectivity index (χ3n) is 2.17. The second-order valence-electron chi connectivity index (χ2n) is 5.48. The number of hydrogen-bond acceptors (Lipinski definition) is 3. The quantitative estimate of drug-likeness (QED) is 0.770. The fourth-order valence-corrected chi connectivity index (χ4v) is 1.99. The van der Waals surface area contributed by atoms with Crippen LogP contribution in [0.5, 0.6) is 0 Å². The third-order valence-corrected chi connectivity index (χ3v) is 3.40. The summed E-state index contributed by atoms with van der Waals surface area (Å²) in [5.74, 6) is 0. The van der Waals surface area contributed by atoms with E-state index in [-0.39, 0.29) is 5.04 Å². The maximum absolute atomic E-state index is 9.04. The van der Waals surface area contributed by atoms with Gasteiger partial charge in [0.2, 0.25) is 9.76 Å². The zero-order chi connectivity index (χ0) is 13.1. The van der Waals surface area contributed by atoms with Crippen LogP contribution in [0, 0.1) is 11.3 Å². The molecule has 1 rings (SSSR count). The molecule has 1 aromatic heterocycles.